The van der Waals surface area contributed by atoms with E-state index < -0.39 is 0 Å². The zero-order valence-corrected chi connectivity index (χ0v) is 11.3. The predicted molar refractivity (Wildman–Crippen MR) is 73.6 cm³/mol. The largest absolute Gasteiger partial charge is 0.310 e. The third-order valence-electron chi connectivity index (χ3n) is 3.00. The van der Waals surface area contributed by atoms with Crippen LogP contribution in [0, 0.1) is 16.0 Å². The third kappa shape index (κ3) is 4.45. The summed E-state index contributed by atoms with van der Waals surface area (Å²) in [7, 11) is 0. The number of hydrogen-bond donors (Lipinski definition) is 1. The molecule has 1 unspecified atom stereocenters. The van der Waals surface area contributed by atoms with E-state index in [1.807, 2.05) is 6.07 Å². The van der Waals surface area contributed by atoms with Gasteiger partial charge in [0.05, 0.1) is 4.92 Å². The van der Waals surface area contributed by atoms with Crippen LogP contribution in [0.1, 0.15) is 45.2 Å². The van der Waals surface area contributed by atoms with E-state index >= 15 is 0 Å². The first-order valence-corrected chi connectivity index (χ1v) is 6.52. The van der Waals surface area contributed by atoms with Gasteiger partial charge in [-0.3, -0.25) is 10.1 Å². The number of hydrogen-bond acceptors (Lipinski definition) is 3. The molecule has 0 bridgehead atoms. The van der Waals surface area contributed by atoms with Crippen molar-refractivity contribution in [3.8, 4) is 0 Å². The van der Waals surface area contributed by atoms with Crippen molar-refractivity contribution >= 4 is 5.69 Å². The van der Waals surface area contributed by atoms with Crippen LogP contribution in [-0.4, -0.2) is 11.5 Å². The fourth-order valence-corrected chi connectivity index (χ4v) is 1.90. The molecule has 4 nitrogen and oxygen atoms in total. The minimum absolute atomic E-state index is 0.164. The summed E-state index contributed by atoms with van der Waals surface area (Å²) in [5.74, 6) is 0.667. The molecule has 0 aromatic heterocycles. The second kappa shape index (κ2) is 7.11. The molecule has 1 aromatic carbocycles. The summed E-state index contributed by atoms with van der Waals surface area (Å²) in [6.45, 7) is 7.41. The Morgan fingerprint density at radius 2 is 2.11 bits per heavy atom. The molecule has 0 aliphatic rings. The van der Waals surface area contributed by atoms with Crippen molar-refractivity contribution in [2.75, 3.05) is 6.54 Å². The SMILES string of the molecule is CCC(NCCC(C)C)c1cccc([N+](=O)[O-])c1. The van der Waals surface area contributed by atoms with Crippen molar-refractivity contribution in [1.82, 2.24) is 5.32 Å². The lowest BCUT2D eigenvalue weighted by atomic mass is 10.0. The summed E-state index contributed by atoms with van der Waals surface area (Å²) in [5, 5.41) is 14.2. The van der Waals surface area contributed by atoms with Gasteiger partial charge in [-0.1, -0.05) is 32.9 Å². The monoisotopic (exact) mass is 250 g/mol. The van der Waals surface area contributed by atoms with Crippen molar-refractivity contribution < 1.29 is 4.92 Å². The number of rotatable bonds is 7. The zero-order valence-electron chi connectivity index (χ0n) is 11.3. The quantitative estimate of drug-likeness (QED) is 0.593. The van der Waals surface area contributed by atoms with E-state index in [1.165, 1.54) is 6.07 Å². The number of benzene rings is 1. The Hall–Kier alpha value is -1.42. The molecule has 100 valence electrons. The van der Waals surface area contributed by atoms with Gasteiger partial charge in [0.15, 0.2) is 0 Å². The molecule has 0 heterocycles. The van der Waals surface area contributed by atoms with Crippen LogP contribution < -0.4 is 5.32 Å². The lowest BCUT2D eigenvalue weighted by Gasteiger charge is -2.18. The Kier molecular flexibility index (Phi) is 5.78. The molecule has 0 amide bonds. The van der Waals surface area contributed by atoms with Gasteiger partial charge < -0.3 is 5.32 Å². The second-order valence-corrected chi connectivity index (χ2v) is 4.95. The lowest BCUT2D eigenvalue weighted by Crippen LogP contribution is -2.22. The highest BCUT2D eigenvalue weighted by atomic mass is 16.6. The molecule has 1 N–H and O–H groups in total. The second-order valence-electron chi connectivity index (χ2n) is 4.95. The number of nitrogens with zero attached hydrogens (tertiary/aromatic N) is 1. The van der Waals surface area contributed by atoms with Crippen LogP contribution in [0.25, 0.3) is 0 Å². The van der Waals surface area contributed by atoms with Crippen LogP contribution in [0.2, 0.25) is 0 Å². The summed E-state index contributed by atoms with van der Waals surface area (Å²) in [6.07, 6.45) is 2.05. The summed E-state index contributed by atoms with van der Waals surface area (Å²) >= 11 is 0. The van der Waals surface area contributed by atoms with Crippen LogP contribution in [-0.2, 0) is 0 Å². The number of non-ortho nitro benzene ring substituents is 1. The Labute approximate surface area is 109 Å². The molecular weight excluding hydrogens is 228 g/mol. The molecule has 4 heteroatoms. The predicted octanol–water partition coefficient (Wildman–Crippen LogP) is 3.68. The third-order valence-corrected chi connectivity index (χ3v) is 3.00. The molecule has 0 saturated carbocycles. The highest BCUT2D eigenvalue weighted by molar-refractivity contribution is 5.35. The molecule has 1 rings (SSSR count). The molecular formula is C14H22N2O2. The van der Waals surface area contributed by atoms with Gasteiger partial charge in [-0.25, -0.2) is 0 Å². The van der Waals surface area contributed by atoms with Crippen molar-refractivity contribution in [3.63, 3.8) is 0 Å². The number of nitro benzene ring substituents is 1. The minimum atomic E-state index is -0.343. The average Bonchev–Trinajstić information content (AvgIpc) is 2.34. The van der Waals surface area contributed by atoms with Crippen molar-refractivity contribution in [1.29, 1.82) is 0 Å². The lowest BCUT2D eigenvalue weighted by molar-refractivity contribution is -0.384. The van der Waals surface area contributed by atoms with Gasteiger partial charge in [-0.15, -0.1) is 0 Å². The minimum Gasteiger partial charge on any atom is -0.310 e. The van der Waals surface area contributed by atoms with Crippen LogP contribution in [0.5, 0.6) is 0 Å². The van der Waals surface area contributed by atoms with Crippen molar-refractivity contribution in [2.45, 2.75) is 39.7 Å². The maximum absolute atomic E-state index is 10.8. The molecule has 0 spiro atoms. The smallest absolute Gasteiger partial charge is 0.269 e. The Balaban J connectivity index is 2.69. The molecule has 0 radical (unpaired) electrons. The van der Waals surface area contributed by atoms with Crippen molar-refractivity contribution in [3.05, 3.63) is 39.9 Å². The zero-order chi connectivity index (χ0) is 13.5. The maximum Gasteiger partial charge on any atom is 0.269 e. The first-order valence-electron chi connectivity index (χ1n) is 6.52. The Bertz CT molecular complexity index is 391. The summed E-state index contributed by atoms with van der Waals surface area (Å²) in [6, 6.07) is 7.09. The van der Waals surface area contributed by atoms with E-state index in [0.717, 1.165) is 24.9 Å². The van der Waals surface area contributed by atoms with Gasteiger partial charge in [0.25, 0.3) is 5.69 Å². The van der Waals surface area contributed by atoms with E-state index in [9.17, 15) is 10.1 Å². The van der Waals surface area contributed by atoms with Crippen LogP contribution in [0.3, 0.4) is 0 Å². The highest BCUT2D eigenvalue weighted by Crippen LogP contribution is 2.21. The Morgan fingerprint density at radius 3 is 2.67 bits per heavy atom. The first-order chi connectivity index (χ1) is 8.54. The van der Waals surface area contributed by atoms with Crippen molar-refractivity contribution in [2.24, 2.45) is 5.92 Å². The van der Waals surface area contributed by atoms with E-state index in [-0.39, 0.29) is 16.7 Å². The average molecular weight is 250 g/mol. The van der Waals surface area contributed by atoms with Gasteiger partial charge in [0, 0.05) is 18.2 Å². The fraction of sp³-hybridized carbons (Fsp3) is 0.571. The number of nitro groups is 1. The van der Waals surface area contributed by atoms with Crippen LogP contribution in [0.15, 0.2) is 24.3 Å². The van der Waals surface area contributed by atoms with Gasteiger partial charge >= 0.3 is 0 Å². The topological polar surface area (TPSA) is 55.2 Å². The Morgan fingerprint density at radius 1 is 1.39 bits per heavy atom. The molecule has 0 saturated heterocycles. The first kappa shape index (κ1) is 14.6. The van der Waals surface area contributed by atoms with Gasteiger partial charge in [-0.2, -0.15) is 0 Å². The standard InChI is InChI=1S/C14H22N2O2/c1-4-14(15-9-8-11(2)3)12-6-5-7-13(10-12)16(17)18/h5-7,10-11,14-15H,4,8-9H2,1-3H3. The number of nitrogens with one attached hydrogen (secondary N) is 1. The highest BCUT2D eigenvalue weighted by Gasteiger charge is 2.12. The van der Waals surface area contributed by atoms with Crippen LogP contribution >= 0.6 is 0 Å². The maximum atomic E-state index is 10.8. The molecule has 0 aliphatic carbocycles. The fourth-order valence-electron chi connectivity index (χ4n) is 1.90. The normalized spacial score (nSPS) is 12.7. The molecule has 1 aromatic rings. The van der Waals surface area contributed by atoms with Gasteiger partial charge in [0.1, 0.15) is 0 Å². The van der Waals surface area contributed by atoms with Gasteiger partial charge in [-0.05, 0) is 30.9 Å². The summed E-state index contributed by atoms with van der Waals surface area (Å²) in [5.41, 5.74) is 1.16. The summed E-state index contributed by atoms with van der Waals surface area (Å²) in [4.78, 5) is 10.4. The van der Waals surface area contributed by atoms with Gasteiger partial charge in [0.2, 0.25) is 0 Å². The van der Waals surface area contributed by atoms with E-state index in [2.05, 4.69) is 26.1 Å². The van der Waals surface area contributed by atoms with E-state index in [0.29, 0.717) is 5.92 Å². The molecule has 0 aliphatic heterocycles. The summed E-state index contributed by atoms with van der Waals surface area (Å²) < 4.78 is 0. The van der Waals surface area contributed by atoms with E-state index in [1.54, 1.807) is 12.1 Å². The van der Waals surface area contributed by atoms with Crippen LogP contribution in [0.4, 0.5) is 5.69 Å². The van der Waals surface area contributed by atoms with E-state index in [4.69, 9.17) is 0 Å². The molecule has 18 heavy (non-hydrogen) atoms. The molecule has 0 fully saturated rings. The molecule has 1 atom stereocenters.